The van der Waals surface area contributed by atoms with Crippen molar-refractivity contribution in [3.63, 3.8) is 0 Å². The third kappa shape index (κ3) is 4.73. The number of alkyl carbamates (subject to hydrolysis) is 1. The number of hydrogen-bond acceptors (Lipinski definition) is 5. The molecule has 2 aliphatic carbocycles. The summed E-state index contributed by atoms with van der Waals surface area (Å²) in [5.41, 5.74) is 5.09. The molecule has 0 bridgehead atoms. The van der Waals surface area contributed by atoms with Gasteiger partial charge in [0.15, 0.2) is 0 Å². The molecule has 1 aromatic heterocycles. The van der Waals surface area contributed by atoms with E-state index in [2.05, 4.69) is 22.4 Å². The van der Waals surface area contributed by atoms with Gasteiger partial charge in [-0.1, -0.05) is 54.6 Å². The van der Waals surface area contributed by atoms with Gasteiger partial charge < -0.3 is 19.9 Å². The van der Waals surface area contributed by atoms with Gasteiger partial charge in [0.1, 0.15) is 12.6 Å². The van der Waals surface area contributed by atoms with Crippen LogP contribution in [0.2, 0.25) is 0 Å². The molecule has 0 saturated heterocycles. The summed E-state index contributed by atoms with van der Waals surface area (Å²) in [4.78, 5) is 28.7. The lowest BCUT2D eigenvalue weighted by molar-refractivity contribution is -0.139. The number of rotatable bonds is 9. The molecular weight excluding hydrogens is 432 g/mol. The molecule has 1 atom stereocenters. The van der Waals surface area contributed by atoms with Gasteiger partial charge in [0.05, 0.1) is 6.61 Å². The van der Waals surface area contributed by atoms with Crippen molar-refractivity contribution < 1.29 is 24.2 Å². The first-order chi connectivity index (χ1) is 16.6. The Labute approximate surface area is 197 Å². The first-order valence-electron chi connectivity index (χ1n) is 11.5. The van der Waals surface area contributed by atoms with Crippen molar-refractivity contribution in [1.82, 2.24) is 10.3 Å². The van der Waals surface area contributed by atoms with E-state index < -0.39 is 18.1 Å². The Morgan fingerprint density at radius 1 is 0.971 bits per heavy atom. The van der Waals surface area contributed by atoms with Crippen molar-refractivity contribution in [2.45, 2.75) is 31.2 Å². The molecule has 1 heterocycles. The number of aromatic nitrogens is 1. The van der Waals surface area contributed by atoms with Gasteiger partial charge in [-0.2, -0.15) is 0 Å². The van der Waals surface area contributed by atoms with E-state index >= 15 is 0 Å². The Hall–Kier alpha value is -3.87. The molecule has 0 spiro atoms. The summed E-state index contributed by atoms with van der Waals surface area (Å²) in [6, 6.07) is 18.4. The fourth-order valence-electron chi connectivity index (χ4n) is 4.39. The molecule has 5 rings (SSSR count). The molecule has 34 heavy (non-hydrogen) atoms. The lowest BCUT2D eigenvalue weighted by Gasteiger charge is -2.18. The Bertz CT molecular complexity index is 1160. The van der Waals surface area contributed by atoms with E-state index in [-0.39, 0.29) is 18.9 Å². The van der Waals surface area contributed by atoms with Gasteiger partial charge in [0.2, 0.25) is 5.88 Å². The number of amides is 1. The summed E-state index contributed by atoms with van der Waals surface area (Å²) in [5, 5.41) is 12.2. The van der Waals surface area contributed by atoms with Crippen LogP contribution in [0.1, 0.15) is 35.4 Å². The molecule has 0 radical (unpaired) electrons. The van der Waals surface area contributed by atoms with Crippen LogP contribution in [0.3, 0.4) is 0 Å². The summed E-state index contributed by atoms with van der Waals surface area (Å²) in [7, 11) is 0. The average molecular weight is 459 g/mol. The fraction of sp³-hybridized carbons (Fsp3) is 0.296. The standard InChI is InChI=1S/C27H26N2O5/c30-26(31)24(14-18-6-5-13-28-25(18)33-15-17-11-12-17)29-27(32)34-16-23-21-9-3-1-7-19(21)20-8-2-4-10-22(20)23/h1-10,13,17,23-24H,11-12,14-16H2,(H,29,32)(H,30,31). The number of benzene rings is 2. The van der Waals surface area contributed by atoms with Gasteiger partial charge in [-0.15, -0.1) is 0 Å². The van der Waals surface area contributed by atoms with Crippen LogP contribution in [-0.2, 0) is 16.0 Å². The lowest BCUT2D eigenvalue weighted by Crippen LogP contribution is -2.43. The molecule has 1 saturated carbocycles. The quantitative estimate of drug-likeness (QED) is 0.493. The van der Waals surface area contributed by atoms with Crippen molar-refractivity contribution in [3.05, 3.63) is 83.6 Å². The predicted octanol–water partition coefficient (Wildman–Crippen LogP) is 4.40. The number of ether oxygens (including phenoxy) is 2. The molecule has 0 aliphatic heterocycles. The van der Waals surface area contributed by atoms with E-state index in [4.69, 9.17) is 9.47 Å². The summed E-state index contributed by atoms with van der Waals surface area (Å²) in [6.45, 7) is 0.691. The molecule has 1 unspecified atom stereocenters. The summed E-state index contributed by atoms with van der Waals surface area (Å²) < 4.78 is 11.3. The SMILES string of the molecule is O=C(NC(Cc1cccnc1OCC1CC1)C(=O)O)OCC1c2ccccc2-c2ccccc21. The highest BCUT2D eigenvalue weighted by atomic mass is 16.5. The molecule has 3 aromatic rings. The third-order valence-corrected chi connectivity index (χ3v) is 6.36. The van der Waals surface area contributed by atoms with Gasteiger partial charge in [-0.3, -0.25) is 0 Å². The first-order valence-corrected chi connectivity index (χ1v) is 11.5. The van der Waals surface area contributed by atoms with Crippen molar-refractivity contribution >= 4 is 12.1 Å². The maximum atomic E-state index is 12.6. The summed E-state index contributed by atoms with van der Waals surface area (Å²) in [6.07, 6.45) is 3.18. The molecule has 174 valence electrons. The third-order valence-electron chi connectivity index (χ3n) is 6.36. The van der Waals surface area contributed by atoms with E-state index in [1.807, 2.05) is 36.4 Å². The summed E-state index contributed by atoms with van der Waals surface area (Å²) in [5.74, 6) is -0.285. The number of carbonyl (C=O) groups is 2. The second-order valence-corrected chi connectivity index (χ2v) is 8.79. The Morgan fingerprint density at radius 2 is 1.65 bits per heavy atom. The molecule has 2 N–H and O–H groups in total. The lowest BCUT2D eigenvalue weighted by atomic mass is 9.98. The number of hydrogen-bond donors (Lipinski definition) is 2. The predicted molar refractivity (Wildman–Crippen MR) is 126 cm³/mol. The average Bonchev–Trinajstić information content (AvgIpc) is 3.63. The number of fused-ring (bicyclic) bond motifs is 3. The van der Waals surface area contributed by atoms with Gasteiger partial charge in [0, 0.05) is 24.1 Å². The van der Waals surface area contributed by atoms with E-state index in [0.29, 0.717) is 24.0 Å². The highest BCUT2D eigenvalue weighted by Gasteiger charge is 2.30. The number of carboxylic acids is 1. The number of pyridine rings is 1. The minimum atomic E-state index is -1.16. The topological polar surface area (TPSA) is 97.8 Å². The normalized spacial score (nSPS) is 15.2. The van der Waals surface area contributed by atoms with Crippen LogP contribution in [0.5, 0.6) is 5.88 Å². The van der Waals surface area contributed by atoms with Crippen LogP contribution in [-0.4, -0.2) is 41.4 Å². The number of carboxylic acid groups (broad SMARTS) is 1. The molecule has 2 aromatic carbocycles. The van der Waals surface area contributed by atoms with Gasteiger partial charge in [-0.05, 0) is 47.1 Å². The maximum Gasteiger partial charge on any atom is 0.407 e. The number of nitrogens with zero attached hydrogens (tertiary/aromatic N) is 1. The van der Waals surface area contributed by atoms with Crippen LogP contribution in [0.15, 0.2) is 66.9 Å². The van der Waals surface area contributed by atoms with Crippen LogP contribution in [0, 0.1) is 5.92 Å². The smallest absolute Gasteiger partial charge is 0.407 e. The van der Waals surface area contributed by atoms with Gasteiger partial charge >= 0.3 is 12.1 Å². The Morgan fingerprint density at radius 3 is 2.29 bits per heavy atom. The molecule has 1 fully saturated rings. The van der Waals surface area contributed by atoms with Crippen molar-refractivity contribution in [2.75, 3.05) is 13.2 Å². The highest BCUT2D eigenvalue weighted by Crippen LogP contribution is 2.44. The fourth-order valence-corrected chi connectivity index (χ4v) is 4.39. The van der Waals surface area contributed by atoms with Crippen LogP contribution >= 0.6 is 0 Å². The number of aliphatic carboxylic acids is 1. The Balaban J connectivity index is 1.23. The van der Waals surface area contributed by atoms with Crippen molar-refractivity contribution in [2.24, 2.45) is 5.92 Å². The van der Waals surface area contributed by atoms with Crippen LogP contribution < -0.4 is 10.1 Å². The van der Waals surface area contributed by atoms with Crippen molar-refractivity contribution in [1.29, 1.82) is 0 Å². The zero-order valence-electron chi connectivity index (χ0n) is 18.6. The van der Waals surface area contributed by atoms with Crippen LogP contribution in [0.4, 0.5) is 4.79 Å². The molecular formula is C27H26N2O5. The minimum Gasteiger partial charge on any atom is -0.480 e. The number of nitrogens with one attached hydrogen (secondary N) is 1. The van der Waals surface area contributed by atoms with E-state index in [1.165, 1.54) is 0 Å². The zero-order chi connectivity index (χ0) is 23.5. The molecule has 2 aliphatic rings. The van der Waals surface area contributed by atoms with Crippen LogP contribution in [0.25, 0.3) is 11.1 Å². The molecule has 7 nitrogen and oxygen atoms in total. The van der Waals surface area contributed by atoms with Gasteiger partial charge in [-0.25, -0.2) is 14.6 Å². The molecule has 1 amide bonds. The second-order valence-electron chi connectivity index (χ2n) is 8.79. The maximum absolute atomic E-state index is 12.6. The number of carbonyl (C=O) groups excluding carboxylic acids is 1. The van der Waals surface area contributed by atoms with E-state index in [0.717, 1.165) is 35.1 Å². The molecule has 7 heteroatoms. The zero-order valence-corrected chi connectivity index (χ0v) is 18.6. The van der Waals surface area contributed by atoms with Gasteiger partial charge in [0.25, 0.3) is 0 Å². The monoisotopic (exact) mass is 458 g/mol. The second kappa shape index (κ2) is 9.55. The Kier molecular flexibility index (Phi) is 6.16. The van der Waals surface area contributed by atoms with Crippen molar-refractivity contribution in [3.8, 4) is 17.0 Å². The van der Waals surface area contributed by atoms with E-state index in [9.17, 15) is 14.7 Å². The first kappa shape index (κ1) is 21.9. The highest BCUT2D eigenvalue weighted by molar-refractivity contribution is 5.81. The van der Waals surface area contributed by atoms with E-state index in [1.54, 1.807) is 18.3 Å². The largest absolute Gasteiger partial charge is 0.480 e. The summed E-state index contributed by atoms with van der Waals surface area (Å²) >= 11 is 0. The minimum absolute atomic E-state index is 0.0490.